The number of rotatable bonds is 4. The minimum atomic E-state index is -0.191. The highest BCUT2D eigenvalue weighted by Gasteiger charge is 2.07. The summed E-state index contributed by atoms with van der Waals surface area (Å²) < 4.78 is 1.53. The number of phenolic OH excluding ortho intramolecular Hbond substituents is 1. The van der Waals surface area contributed by atoms with E-state index in [2.05, 4.69) is 10.3 Å². The minimum absolute atomic E-state index is 0.0111. The van der Waals surface area contributed by atoms with Gasteiger partial charge in [-0.2, -0.15) is 0 Å². The fourth-order valence-corrected chi connectivity index (χ4v) is 1.77. The van der Waals surface area contributed by atoms with Crippen molar-refractivity contribution in [2.45, 2.75) is 13.0 Å². The van der Waals surface area contributed by atoms with Crippen LogP contribution in [-0.2, 0) is 6.54 Å². The number of phenols is 1. The van der Waals surface area contributed by atoms with Crippen LogP contribution in [0, 0.1) is 0 Å². The lowest BCUT2D eigenvalue weighted by Gasteiger charge is -2.06. The molecule has 0 atom stereocenters. The molecule has 5 heteroatoms. The van der Waals surface area contributed by atoms with Gasteiger partial charge in [-0.25, -0.2) is 4.98 Å². The highest BCUT2D eigenvalue weighted by Crippen LogP contribution is 2.18. The van der Waals surface area contributed by atoms with E-state index in [0.29, 0.717) is 17.4 Å². The van der Waals surface area contributed by atoms with Crippen LogP contribution in [0.1, 0.15) is 6.42 Å². The first-order chi connectivity index (χ1) is 8.24. The summed E-state index contributed by atoms with van der Waals surface area (Å²) >= 11 is 0. The molecule has 90 valence electrons. The predicted octanol–water partition coefficient (Wildman–Crippen LogP) is 0.712. The van der Waals surface area contributed by atoms with Crippen molar-refractivity contribution in [2.24, 2.45) is 0 Å². The van der Waals surface area contributed by atoms with Gasteiger partial charge in [0, 0.05) is 6.54 Å². The maximum atomic E-state index is 12.1. The lowest BCUT2D eigenvalue weighted by Crippen LogP contribution is -2.22. The first kappa shape index (κ1) is 11.6. The number of nitrogens with zero attached hydrogens (tertiary/aromatic N) is 2. The Morgan fingerprint density at radius 3 is 3.06 bits per heavy atom. The fraction of sp³-hybridized carbons (Fsp3) is 0.333. The van der Waals surface area contributed by atoms with Gasteiger partial charge in [-0.3, -0.25) is 9.36 Å². The molecule has 1 aromatic heterocycles. The zero-order valence-corrected chi connectivity index (χ0v) is 9.68. The van der Waals surface area contributed by atoms with Gasteiger partial charge in [0.15, 0.2) is 0 Å². The van der Waals surface area contributed by atoms with Gasteiger partial charge in [-0.05, 0) is 32.1 Å². The number of aromatic nitrogens is 2. The van der Waals surface area contributed by atoms with Crippen LogP contribution in [0.15, 0.2) is 29.3 Å². The summed E-state index contributed by atoms with van der Waals surface area (Å²) in [5.41, 5.74) is 0.337. The SMILES string of the molecule is CNCCCn1cnc2cccc(O)c2c1=O. The summed E-state index contributed by atoms with van der Waals surface area (Å²) in [6, 6.07) is 4.90. The van der Waals surface area contributed by atoms with E-state index in [0.717, 1.165) is 13.0 Å². The Morgan fingerprint density at radius 2 is 2.29 bits per heavy atom. The van der Waals surface area contributed by atoms with E-state index in [4.69, 9.17) is 0 Å². The van der Waals surface area contributed by atoms with Gasteiger partial charge in [0.05, 0.1) is 11.8 Å². The summed E-state index contributed by atoms with van der Waals surface area (Å²) in [6.07, 6.45) is 2.37. The lowest BCUT2D eigenvalue weighted by molar-refractivity contribution is 0.480. The van der Waals surface area contributed by atoms with Gasteiger partial charge in [-0.1, -0.05) is 6.07 Å². The molecule has 1 heterocycles. The molecule has 0 aliphatic carbocycles. The summed E-state index contributed by atoms with van der Waals surface area (Å²) in [6.45, 7) is 1.43. The number of aryl methyl sites for hydroxylation is 1. The van der Waals surface area contributed by atoms with Crippen LogP contribution in [-0.4, -0.2) is 28.3 Å². The molecule has 0 aliphatic rings. The zero-order valence-electron chi connectivity index (χ0n) is 9.68. The summed E-state index contributed by atoms with van der Waals surface area (Å²) in [4.78, 5) is 16.3. The van der Waals surface area contributed by atoms with Crippen molar-refractivity contribution in [1.82, 2.24) is 14.9 Å². The first-order valence-corrected chi connectivity index (χ1v) is 5.56. The second kappa shape index (κ2) is 4.97. The van der Waals surface area contributed by atoms with Crippen molar-refractivity contribution in [3.8, 4) is 5.75 Å². The number of hydrogen-bond acceptors (Lipinski definition) is 4. The Bertz CT molecular complexity index is 577. The van der Waals surface area contributed by atoms with Gasteiger partial charge in [0.25, 0.3) is 5.56 Å². The Kier molecular flexibility index (Phi) is 3.39. The quantitative estimate of drug-likeness (QED) is 0.763. The number of nitrogens with one attached hydrogen (secondary N) is 1. The van der Waals surface area contributed by atoms with E-state index < -0.39 is 0 Å². The van der Waals surface area contributed by atoms with Crippen LogP contribution in [0.25, 0.3) is 10.9 Å². The maximum absolute atomic E-state index is 12.1. The third-order valence-electron chi connectivity index (χ3n) is 2.66. The van der Waals surface area contributed by atoms with E-state index in [1.54, 1.807) is 12.1 Å². The third-order valence-corrected chi connectivity index (χ3v) is 2.66. The molecule has 2 rings (SSSR count). The molecule has 0 bridgehead atoms. The zero-order chi connectivity index (χ0) is 12.3. The van der Waals surface area contributed by atoms with Gasteiger partial charge in [0.1, 0.15) is 11.1 Å². The Balaban J connectivity index is 2.43. The van der Waals surface area contributed by atoms with Crippen LogP contribution in [0.3, 0.4) is 0 Å². The van der Waals surface area contributed by atoms with Crippen molar-refractivity contribution in [1.29, 1.82) is 0 Å². The van der Waals surface area contributed by atoms with E-state index >= 15 is 0 Å². The fourth-order valence-electron chi connectivity index (χ4n) is 1.77. The Morgan fingerprint density at radius 1 is 1.47 bits per heavy atom. The van der Waals surface area contributed by atoms with Gasteiger partial charge in [-0.15, -0.1) is 0 Å². The average molecular weight is 233 g/mol. The first-order valence-electron chi connectivity index (χ1n) is 5.56. The normalized spacial score (nSPS) is 10.9. The van der Waals surface area contributed by atoms with Crippen LogP contribution >= 0.6 is 0 Å². The molecule has 5 nitrogen and oxygen atoms in total. The Labute approximate surface area is 98.7 Å². The molecular formula is C12H15N3O2. The lowest BCUT2D eigenvalue weighted by atomic mass is 10.2. The standard InChI is InChI=1S/C12H15N3O2/c1-13-6-3-7-15-8-14-9-4-2-5-10(16)11(9)12(15)17/h2,4-5,8,13,16H,3,6-7H2,1H3. The molecule has 2 aromatic rings. The molecule has 17 heavy (non-hydrogen) atoms. The molecule has 0 aliphatic heterocycles. The minimum Gasteiger partial charge on any atom is -0.507 e. The Hall–Kier alpha value is -1.88. The topological polar surface area (TPSA) is 67.2 Å². The molecular weight excluding hydrogens is 218 g/mol. The van der Waals surface area contributed by atoms with Crippen LogP contribution in [0.2, 0.25) is 0 Å². The third kappa shape index (κ3) is 2.29. The molecule has 0 saturated heterocycles. The van der Waals surface area contributed by atoms with Gasteiger partial charge in [0.2, 0.25) is 0 Å². The second-order valence-electron chi connectivity index (χ2n) is 3.87. The van der Waals surface area contributed by atoms with Crippen LogP contribution < -0.4 is 10.9 Å². The predicted molar refractivity (Wildman–Crippen MR) is 66.2 cm³/mol. The molecule has 0 spiro atoms. The highest BCUT2D eigenvalue weighted by atomic mass is 16.3. The summed E-state index contributed by atoms with van der Waals surface area (Å²) in [5.74, 6) is -0.0111. The molecule has 0 amide bonds. The number of aromatic hydroxyl groups is 1. The van der Waals surface area contributed by atoms with Crippen LogP contribution in [0.4, 0.5) is 0 Å². The van der Waals surface area contributed by atoms with Crippen molar-refractivity contribution in [3.63, 3.8) is 0 Å². The molecule has 1 aromatic carbocycles. The average Bonchev–Trinajstić information content (AvgIpc) is 2.32. The monoisotopic (exact) mass is 233 g/mol. The van der Waals surface area contributed by atoms with Crippen molar-refractivity contribution >= 4 is 10.9 Å². The molecule has 0 radical (unpaired) electrons. The summed E-state index contributed by atoms with van der Waals surface area (Å²) in [5, 5.41) is 13.0. The molecule has 2 N–H and O–H groups in total. The van der Waals surface area contributed by atoms with Crippen molar-refractivity contribution in [2.75, 3.05) is 13.6 Å². The second-order valence-corrected chi connectivity index (χ2v) is 3.87. The van der Waals surface area contributed by atoms with E-state index in [1.165, 1.54) is 17.0 Å². The van der Waals surface area contributed by atoms with Crippen molar-refractivity contribution < 1.29 is 5.11 Å². The maximum Gasteiger partial charge on any atom is 0.264 e. The van der Waals surface area contributed by atoms with Gasteiger partial charge < -0.3 is 10.4 Å². The number of benzene rings is 1. The van der Waals surface area contributed by atoms with Crippen LogP contribution in [0.5, 0.6) is 5.75 Å². The van der Waals surface area contributed by atoms with E-state index in [1.807, 2.05) is 7.05 Å². The number of hydrogen-bond donors (Lipinski definition) is 2. The van der Waals surface area contributed by atoms with Crippen molar-refractivity contribution in [3.05, 3.63) is 34.9 Å². The largest absolute Gasteiger partial charge is 0.507 e. The van der Waals surface area contributed by atoms with Gasteiger partial charge >= 0.3 is 0 Å². The molecule has 0 fully saturated rings. The molecule has 0 saturated carbocycles. The highest BCUT2D eigenvalue weighted by molar-refractivity contribution is 5.83. The smallest absolute Gasteiger partial charge is 0.264 e. The number of fused-ring (bicyclic) bond motifs is 1. The molecule has 0 unspecified atom stereocenters. The van der Waals surface area contributed by atoms with E-state index in [-0.39, 0.29) is 11.3 Å². The summed E-state index contributed by atoms with van der Waals surface area (Å²) in [7, 11) is 1.87. The van der Waals surface area contributed by atoms with E-state index in [9.17, 15) is 9.90 Å².